The molecule has 1 amide bonds. The van der Waals surface area contributed by atoms with E-state index in [4.69, 9.17) is 5.73 Å². The summed E-state index contributed by atoms with van der Waals surface area (Å²) in [5.41, 5.74) is 5.51. The fourth-order valence-electron chi connectivity index (χ4n) is 2.27. The zero-order valence-corrected chi connectivity index (χ0v) is 11.7. The third-order valence-corrected chi connectivity index (χ3v) is 3.50. The molecular formula is C13H27ClN2O. The Morgan fingerprint density at radius 1 is 1.29 bits per heavy atom. The van der Waals surface area contributed by atoms with Gasteiger partial charge in [0, 0.05) is 13.0 Å². The third kappa shape index (κ3) is 7.61. The van der Waals surface area contributed by atoms with Gasteiger partial charge in [-0.25, -0.2) is 0 Å². The summed E-state index contributed by atoms with van der Waals surface area (Å²) in [6, 6.07) is 0. The quantitative estimate of drug-likeness (QED) is 0.748. The van der Waals surface area contributed by atoms with Crippen LogP contribution in [0.25, 0.3) is 0 Å². The summed E-state index contributed by atoms with van der Waals surface area (Å²) >= 11 is 0. The van der Waals surface area contributed by atoms with Gasteiger partial charge in [0.2, 0.25) is 5.91 Å². The second-order valence-corrected chi connectivity index (χ2v) is 5.21. The molecule has 0 heterocycles. The van der Waals surface area contributed by atoms with Gasteiger partial charge in [-0.1, -0.05) is 32.6 Å². The zero-order chi connectivity index (χ0) is 11.8. The van der Waals surface area contributed by atoms with Gasteiger partial charge in [0.15, 0.2) is 0 Å². The van der Waals surface area contributed by atoms with E-state index in [1.807, 2.05) is 0 Å². The van der Waals surface area contributed by atoms with Crippen LogP contribution >= 0.6 is 12.4 Å². The summed E-state index contributed by atoms with van der Waals surface area (Å²) < 4.78 is 0. The fourth-order valence-corrected chi connectivity index (χ4v) is 2.27. The van der Waals surface area contributed by atoms with Gasteiger partial charge in [0.1, 0.15) is 0 Å². The van der Waals surface area contributed by atoms with Crippen molar-refractivity contribution in [3.8, 4) is 0 Å². The van der Waals surface area contributed by atoms with Gasteiger partial charge >= 0.3 is 0 Å². The van der Waals surface area contributed by atoms with Crippen LogP contribution < -0.4 is 11.1 Å². The Morgan fingerprint density at radius 3 is 2.41 bits per heavy atom. The topological polar surface area (TPSA) is 55.1 Å². The molecular weight excluding hydrogens is 236 g/mol. The minimum Gasteiger partial charge on any atom is -0.356 e. The van der Waals surface area contributed by atoms with Crippen molar-refractivity contribution < 1.29 is 4.79 Å². The molecule has 3 N–H and O–H groups in total. The van der Waals surface area contributed by atoms with E-state index in [2.05, 4.69) is 12.2 Å². The van der Waals surface area contributed by atoms with Gasteiger partial charge in [-0.3, -0.25) is 4.79 Å². The van der Waals surface area contributed by atoms with Gasteiger partial charge in [-0.15, -0.1) is 12.4 Å². The van der Waals surface area contributed by atoms with E-state index >= 15 is 0 Å². The molecule has 17 heavy (non-hydrogen) atoms. The Hall–Kier alpha value is -0.280. The van der Waals surface area contributed by atoms with Crippen LogP contribution in [0.5, 0.6) is 0 Å². The lowest BCUT2D eigenvalue weighted by Gasteiger charge is -2.15. The van der Waals surface area contributed by atoms with Crippen LogP contribution in [0.3, 0.4) is 0 Å². The SMILES string of the molecule is CC(CN)CNC(=O)CC1CCCCCC1.Cl. The highest BCUT2D eigenvalue weighted by Gasteiger charge is 2.16. The van der Waals surface area contributed by atoms with Crippen molar-refractivity contribution in [2.75, 3.05) is 13.1 Å². The standard InChI is InChI=1S/C13H26N2O.ClH/c1-11(9-14)10-15-13(16)8-12-6-4-2-3-5-7-12;/h11-12H,2-10,14H2,1H3,(H,15,16);1H. The molecule has 1 aliphatic rings. The first-order valence-electron chi connectivity index (χ1n) is 6.69. The molecule has 1 unspecified atom stereocenters. The molecule has 0 aromatic rings. The molecule has 0 aromatic heterocycles. The van der Waals surface area contributed by atoms with Crippen molar-refractivity contribution in [1.29, 1.82) is 0 Å². The summed E-state index contributed by atoms with van der Waals surface area (Å²) in [7, 11) is 0. The number of carbonyl (C=O) groups is 1. The van der Waals surface area contributed by atoms with Crippen LogP contribution in [0.15, 0.2) is 0 Å². The van der Waals surface area contributed by atoms with Crippen molar-refractivity contribution in [3.63, 3.8) is 0 Å². The summed E-state index contributed by atoms with van der Waals surface area (Å²) in [5, 5.41) is 2.98. The van der Waals surface area contributed by atoms with Gasteiger partial charge in [0.05, 0.1) is 0 Å². The number of hydrogen-bond donors (Lipinski definition) is 2. The minimum atomic E-state index is 0. The van der Waals surface area contributed by atoms with Crippen LogP contribution in [-0.2, 0) is 4.79 Å². The maximum Gasteiger partial charge on any atom is 0.220 e. The predicted octanol–water partition coefficient (Wildman–Crippen LogP) is 2.48. The Morgan fingerprint density at radius 2 is 1.88 bits per heavy atom. The summed E-state index contributed by atoms with van der Waals surface area (Å²) in [6.07, 6.45) is 8.50. The number of amides is 1. The minimum absolute atomic E-state index is 0. The van der Waals surface area contributed by atoms with E-state index < -0.39 is 0 Å². The number of nitrogens with one attached hydrogen (secondary N) is 1. The van der Waals surface area contributed by atoms with Gasteiger partial charge in [-0.2, -0.15) is 0 Å². The summed E-state index contributed by atoms with van der Waals surface area (Å²) in [5.74, 6) is 1.22. The van der Waals surface area contributed by atoms with E-state index in [1.54, 1.807) is 0 Å². The molecule has 102 valence electrons. The number of halogens is 1. The Labute approximate surface area is 111 Å². The molecule has 1 saturated carbocycles. The molecule has 1 aliphatic carbocycles. The number of hydrogen-bond acceptors (Lipinski definition) is 2. The molecule has 3 nitrogen and oxygen atoms in total. The first-order valence-corrected chi connectivity index (χ1v) is 6.69. The average molecular weight is 263 g/mol. The van der Waals surface area contributed by atoms with Crippen LogP contribution in [0.4, 0.5) is 0 Å². The van der Waals surface area contributed by atoms with Crippen LogP contribution in [0.2, 0.25) is 0 Å². The van der Waals surface area contributed by atoms with Crippen molar-refractivity contribution >= 4 is 18.3 Å². The Balaban J connectivity index is 0.00000256. The smallest absolute Gasteiger partial charge is 0.220 e. The molecule has 0 aromatic carbocycles. The molecule has 1 rings (SSSR count). The lowest BCUT2D eigenvalue weighted by molar-refractivity contribution is -0.122. The largest absolute Gasteiger partial charge is 0.356 e. The van der Waals surface area contributed by atoms with E-state index in [9.17, 15) is 4.79 Å². The molecule has 1 atom stereocenters. The van der Waals surface area contributed by atoms with Gasteiger partial charge in [-0.05, 0) is 31.2 Å². The van der Waals surface area contributed by atoms with E-state index in [-0.39, 0.29) is 18.3 Å². The van der Waals surface area contributed by atoms with E-state index in [0.29, 0.717) is 18.4 Å². The highest BCUT2D eigenvalue weighted by Crippen LogP contribution is 2.25. The number of carbonyl (C=O) groups excluding carboxylic acids is 1. The molecule has 1 fully saturated rings. The van der Waals surface area contributed by atoms with Crippen molar-refractivity contribution in [2.45, 2.75) is 51.9 Å². The highest BCUT2D eigenvalue weighted by atomic mass is 35.5. The zero-order valence-electron chi connectivity index (χ0n) is 10.9. The maximum absolute atomic E-state index is 11.7. The fraction of sp³-hybridized carbons (Fsp3) is 0.923. The average Bonchev–Trinajstić information content (AvgIpc) is 2.54. The van der Waals surface area contributed by atoms with E-state index in [0.717, 1.165) is 13.0 Å². The number of rotatable bonds is 5. The van der Waals surface area contributed by atoms with Crippen molar-refractivity contribution in [1.82, 2.24) is 5.32 Å². The van der Waals surface area contributed by atoms with E-state index in [1.165, 1.54) is 38.5 Å². The summed E-state index contributed by atoms with van der Waals surface area (Å²) in [4.78, 5) is 11.7. The van der Waals surface area contributed by atoms with Gasteiger partial charge in [0.25, 0.3) is 0 Å². The highest BCUT2D eigenvalue weighted by molar-refractivity contribution is 5.85. The maximum atomic E-state index is 11.7. The second-order valence-electron chi connectivity index (χ2n) is 5.21. The molecule has 4 heteroatoms. The van der Waals surface area contributed by atoms with Crippen LogP contribution in [0, 0.1) is 11.8 Å². The predicted molar refractivity (Wildman–Crippen MR) is 74.3 cm³/mol. The van der Waals surface area contributed by atoms with Crippen LogP contribution in [0.1, 0.15) is 51.9 Å². The lowest BCUT2D eigenvalue weighted by atomic mass is 9.96. The number of nitrogens with two attached hydrogens (primary N) is 1. The van der Waals surface area contributed by atoms with Crippen molar-refractivity contribution in [3.05, 3.63) is 0 Å². The first-order chi connectivity index (χ1) is 7.72. The molecule has 0 bridgehead atoms. The molecule has 0 spiro atoms. The normalized spacial score (nSPS) is 18.9. The Kier molecular flexibility index (Phi) is 9.56. The molecule has 0 aliphatic heterocycles. The second kappa shape index (κ2) is 9.72. The molecule has 0 saturated heterocycles. The summed E-state index contributed by atoms with van der Waals surface area (Å²) in [6.45, 7) is 3.43. The molecule has 0 radical (unpaired) electrons. The lowest BCUT2D eigenvalue weighted by Crippen LogP contribution is -2.32. The van der Waals surface area contributed by atoms with Crippen LogP contribution in [-0.4, -0.2) is 19.0 Å². The van der Waals surface area contributed by atoms with Gasteiger partial charge < -0.3 is 11.1 Å². The Bertz CT molecular complexity index is 204. The monoisotopic (exact) mass is 262 g/mol. The van der Waals surface area contributed by atoms with Crippen molar-refractivity contribution in [2.24, 2.45) is 17.6 Å². The first kappa shape index (κ1) is 16.7. The third-order valence-electron chi connectivity index (χ3n) is 3.50.